The van der Waals surface area contributed by atoms with E-state index in [0.717, 1.165) is 18.4 Å². The van der Waals surface area contributed by atoms with Gasteiger partial charge in [-0.25, -0.2) is 4.98 Å². The molecule has 0 bridgehead atoms. The van der Waals surface area contributed by atoms with Crippen LogP contribution in [-0.4, -0.2) is 9.55 Å². The van der Waals surface area contributed by atoms with Crippen LogP contribution < -0.4 is 10.9 Å². The van der Waals surface area contributed by atoms with E-state index >= 15 is 0 Å². The first-order valence-corrected chi connectivity index (χ1v) is 7.12. The minimum atomic E-state index is -0.0704. The predicted octanol–water partition coefficient (Wildman–Crippen LogP) is 3.40. The van der Waals surface area contributed by atoms with E-state index in [4.69, 9.17) is 11.6 Å². The zero-order valence-corrected chi connectivity index (χ0v) is 12.0. The molecule has 0 amide bonds. The Hall–Kier alpha value is -1.81. The van der Waals surface area contributed by atoms with Crippen LogP contribution in [0, 0.1) is 0 Å². The number of aromatic nitrogens is 2. The van der Waals surface area contributed by atoms with E-state index in [1.807, 2.05) is 31.2 Å². The third kappa shape index (κ3) is 2.56. The lowest BCUT2D eigenvalue weighted by atomic mass is 10.1. The molecule has 1 fully saturated rings. The van der Waals surface area contributed by atoms with Crippen LogP contribution in [0.3, 0.4) is 0 Å². The third-order valence-corrected chi connectivity index (χ3v) is 3.88. The lowest BCUT2D eigenvalue weighted by molar-refractivity contribution is 0.696. The quantitative estimate of drug-likeness (QED) is 0.938. The highest BCUT2D eigenvalue weighted by molar-refractivity contribution is 6.31. The fraction of sp³-hybridized carbons (Fsp3) is 0.333. The van der Waals surface area contributed by atoms with Gasteiger partial charge in [-0.3, -0.25) is 4.79 Å². The van der Waals surface area contributed by atoms with Gasteiger partial charge in [0.15, 0.2) is 5.82 Å². The minimum absolute atomic E-state index is 0.0612. The molecule has 5 heteroatoms. The zero-order valence-electron chi connectivity index (χ0n) is 11.2. The summed E-state index contributed by atoms with van der Waals surface area (Å²) in [4.78, 5) is 16.5. The smallest absolute Gasteiger partial charge is 0.293 e. The molecule has 0 aliphatic heterocycles. The van der Waals surface area contributed by atoms with Crippen LogP contribution >= 0.6 is 11.6 Å². The Labute approximate surface area is 122 Å². The fourth-order valence-electron chi connectivity index (χ4n) is 2.27. The number of anilines is 1. The Balaban J connectivity index is 1.86. The Morgan fingerprint density at radius 1 is 1.40 bits per heavy atom. The SMILES string of the molecule is CC(Nc1nccn(C2CC2)c1=O)c1ccccc1Cl. The summed E-state index contributed by atoms with van der Waals surface area (Å²) in [5.41, 5.74) is 0.895. The van der Waals surface area contributed by atoms with E-state index in [-0.39, 0.29) is 11.6 Å². The van der Waals surface area contributed by atoms with Gasteiger partial charge in [0.1, 0.15) is 0 Å². The van der Waals surface area contributed by atoms with Crippen molar-refractivity contribution in [2.45, 2.75) is 31.8 Å². The van der Waals surface area contributed by atoms with Crippen molar-refractivity contribution in [1.29, 1.82) is 0 Å². The molecule has 1 saturated carbocycles. The highest BCUT2D eigenvalue weighted by atomic mass is 35.5. The molecule has 1 aromatic carbocycles. The highest BCUT2D eigenvalue weighted by Crippen LogP contribution is 2.33. The average molecular weight is 290 g/mol. The van der Waals surface area contributed by atoms with Gasteiger partial charge in [0.25, 0.3) is 5.56 Å². The number of hydrogen-bond donors (Lipinski definition) is 1. The average Bonchev–Trinajstić information content (AvgIpc) is 3.26. The first kappa shape index (κ1) is 13.2. The molecule has 104 valence electrons. The van der Waals surface area contributed by atoms with E-state index in [9.17, 15) is 4.79 Å². The summed E-state index contributed by atoms with van der Waals surface area (Å²) in [6.07, 6.45) is 5.57. The van der Waals surface area contributed by atoms with Crippen molar-refractivity contribution in [2.24, 2.45) is 0 Å². The maximum Gasteiger partial charge on any atom is 0.293 e. The second kappa shape index (κ2) is 5.29. The number of nitrogens with one attached hydrogen (secondary N) is 1. The molecule has 1 heterocycles. The Morgan fingerprint density at radius 3 is 2.85 bits per heavy atom. The number of rotatable bonds is 4. The van der Waals surface area contributed by atoms with E-state index < -0.39 is 0 Å². The molecule has 1 aliphatic rings. The monoisotopic (exact) mass is 289 g/mol. The molecule has 4 nitrogen and oxygen atoms in total. The summed E-state index contributed by atoms with van der Waals surface area (Å²) in [6.45, 7) is 1.97. The lowest BCUT2D eigenvalue weighted by Gasteiger charge is -2.16. The fourth-order valence-corrected chi connectivity index (χ4v) is 2.57. The summed E-state index contributed by atoms with van der Waals surface area (Å²) in [7, 11) is 0. The molecule has 20 heavy (non-hydrogen) atoms. The van der Waals surface area contributed by atoms with Crippen LogP contribution in [0.15, 0.2) is 41.5 Å². The van der Waals surface area contributed by atoms with Crippen molar-refractivity contribution in [1.82, 2.24) is 9.55 Å². The van der Waals surface area contributed by atoms with Crippen LogP contribution in [0.4, 0.5) is 5.82 Å². The van der Waals surface area contributed by atoms with Crippen LogP contribution in [0.5, 0.6) is 0 Å². The lowest BCUT2D eigenvalue weighted by Crippen LogP contribution is -2.24. The Bertz CT molecular complexity index is 679. The summed E-state index contributed by atoms with van der Waals surface area (Å²) in [5.74, 6) is 0.381. The maximum absolute atomic E-state index is 12.3. The van der Waals surface area contributed by atoms with Crippen molar-refractivity contribution in [3.05, 3.63) is 57.6 Å². The molecule has 1 aromatic heterocycles. The maximum atomic E-state index is 12.3. The molecule has 0 saturated heterocycles. The van der Waals surface area contributed by atoms with E-state index in [1.54, 1.807) is 17.0 Å². The Morgan fingerprint density at radius 2 is 2.15 bits per heavy atom. The van der Waals surface area contributed by atoms with Crippen molar-refractivity contribution >= 4 is 17.4 Å². The van der Waals surface area contributed by atoms with E-state index in [0.29, 0.717) is 16.9 Å². The van der Waals surface area contributed by atoms with E-state index in [1.165, 1.54) is 0 Å². The second-order valence-electron chi connectivity index (χ2n) is 5.11. The molecule has 0 spiro atoms. The van der Waals surface area contributed by atoms with Gasteiger partial charge in [-0.1, -0.05) is 29.8 Å². The normalized spacial score (nSPS) is 15.9. The zero-order chi connectivity index (χ0) is 14.1. The van der Waals surface area contributed by atoms with Crippen molar-refractivity contribution in [2.75, 3.05) is 5.32 Å². The van der Waals surface area contributed by atoms with Crippen LogP contribution in [0.2, 0.25) is 5.02 Å². The summed E-state index contributed by atoms with van der Waals surface area (Å²) >= 11 is 6.17. The van der Waals surface area contributed by atoms with Crippen molar-refractivity contribution in [3.63, 3.8) is 0 Å². The van der Waals surface area contributed by atoms with Gasteiger partial charge < -0.3 is 9.88 Å². The molecular weight excluding hydrogens is 274 g/mol. The molecule has 0 radical (unpaired) electrons. The van der Waals surface area contributed by atoms with Crippen LogP contribution in [-0.2, 0) is 0 Å². The third-order valence-electron chi connectivity index (χ3n) is 3.53. The molecule has 1 unspecified atom stereocenters. The number of benzene rings is 1. The van der Waals surface area contributed by atoms with Crippen LogP contribution in [0.1, 0.15) is 37.4 Å². The first-order chi connectivity index (χ1) is 9.66. The first-order valence-electron chi connectivity index (χ1n) is 6.75. The number of hydrogen-bond acceptors (Lipinski definition) is 3. The largest absolute Gasteiger partial charge is 0.359 e. The van der Waals surface area contributed by atoms with Crippen LogP contribution in [0.25, 0.3) is 0 Å². The summed E-state index contributed by atoms with van der Waals surface area (Å²) in [6, 6.07) is 7.89. The minimum Gasteiger partial charge on any atom is -0.359 e. The molecule has 1 atom stereocenters. The predicted molar refractivity (Wildman–Crippen MR) is 80.3 cm³/mol. The molecule has 3 rings (SSSR count). The van der Waals surface area contributed by atoms with E-state index in [2.05, 4.69) is 10.3 Å². The van der Waals surface area contributed by atoms with Gasteiger partial charge in [0.05, 0.1) is 6.04 Å². The van der Waals surface area contributed by atoms with Crippen molar-refractivity contribution < 1.29 is 0 Å². The molecule has 1 aliphatic carbocycles. The second-order valence-corrected chi connectivity index (χ2v) is 5.51. The van der Waals surface area contributed by atoms with Crippen molar-refractivity contribution in [3.8, 4) is 0 Å². The van der Waals surface area contributed by atoms with Gasteiger partial charge in [0, 0.05) is 23.5 Å². The summed E-state index contributed by atoms with van der Waals surface area (Å²) in [5, 5.41) is 3.85. The topological polar surface area (TPSA) is 46.9 Å². The van der Waals surface area contributed by atoms with Gasteiger partial charge >= 0.3 is 0 Å². The van der Waals surface area contributed by atoms with Gasteiger partial charge in [0.2, 0.25) is 0 Å². The molecular formula is C15H16ClN3O. The molecule has 2 aromatic rings. The Kier molecular flexibility index (Phi) is 3.49. The highest BCUT2D eigenvalue weighted by Gasteiger charge is 2.25. The standard InChI is InChI=1S/C15H16ClN3O/c1-10(12-4-2-3-5-13(12)16)18-14-15(20)19(9-8-17-14)11-6-7-11/h2-5,8-11H,6-7H2,1H3,(H,17,18). The molecule has 1 N–H and O–H groups in total. The number of nitrogens with zero attached hydrogens (tertiary/aromatic N) is 2. The summed E-state index contributed by atoms with van der Waals surface area (Å²) < 4.78 is 1.76. The van der Waals surface area contributed by atoms with Gasteiger partial charge in [-0.2, -0.15) is 0 Å². The van der Waals surface area contributed by atoms with Gasteiger partial charge in [-0.15, -0.1) is 0 Å². The number of halogens is 1. The van der Waals surface area contributed by atoms with Gasteiger partial charge in [-0.05, 0) is 31.4 Å².